The summed E-state index contributed by atoms with van der Waals surface area (Å²) in [4.78, 5) is 12.2. The Labute approximate surface area is 152 Å². The zero-order valence-electron chi connectivity index (χ0n) is 16.0. The number of ether oxygens (including phenoxy) is 2. The Balaban J connectivity index is 2.26. The van der Waals surface area contributed by atoms with Crippen LogP contribution in [0, 0.1) is 0 Å². The van der Waals surface area contributed by atoms with E-state index in [0.717, 1.165) is 42.7 Å². The minimum atomic E-state index is -0.520. The van der Waals surface area contributed by atoms with Crippen LogP contribution in [0.3, 0.4) is 0 Å². The number of carbonyl (C=O) groups excluding carboxylic acids is 1. The van der Waals surface area contributed by atoms with Gasteiger partial charge in [0.25, 0.3) is 0 Å². The van der Waals surface area contributed by atoms with Gasteiger partial charge in [0.2, 0.25) is 0 Å². The molecule has 0 aliphatic carbocycles. The van der Waals surface area contributed by atoms with Crippen molar-refractivity contribution in [1.29, 1.82) is 0 Å². The van der Waals surface area contributed by atoms with Gasteiger partial charge in [-0.2, -0.15) is 0 Å². The smallest absolute Gasteiger partial charge is 0.412 e. The number of methoxy groups -OCH3 is 1. The van der Waals surface area contributed by atoms with E-state index in [1.807, 2.05) is 18.2 Å². The van der Waals surface area contributed by atoms with Gasteiger partial charge >= 0.3 is 6.09 Å². The largest absolute Gasteiger partial charge is 0.497 e. The van der Waals surface area contributed by atoms with Crippen LogP contribution in [0.1, 0.15) is 83.6 Å². The Hall–Kier alpha value is -1.71. The fraction of sp³-hybridized carbons (Fsp3) is 0.667. The number of fused-ring (bicyclic) bond motifs is 1. The van der Waals surface area contributed by atoms with Crippen LogP contribution in [-0.2, 0) is 10.3 Å². The summed E-state index contributed by atoms with van der Waals surface area (Å²) in [6.45, 7) is 4.43. The Morgan fingerprint density at radius 2 is 1.64 bits per heavy atom. The van der Waals surface area contributed by atoms with E-state index in [1.54, 1.807) is 7.11 Å². The van der Waals surface area contributed by atoms with Crippen molar-refractivity contribution >= 4 is 11.8 Å². The van der Waals surface area contributed by atoms with Gasteiger partial charge in [0, 0.05) is 5.56 Å². The van der Waals surface area contributed by atoms with Gasteiger partial charge in [-0.25, -0.2) is 4.79 Å². The predicted molar refractivity (Wildman–Crippen MR) is 102 cm³/mol. The second-order valence-electron chi connectivity index (χ2n) is 7.04. The number of cyclic esters (lactones) is 1. The molecule has 1 N–H and O–H groups in total. The second kappa shape index (κ2) is 9.69. The highest BCUT2D eigenvalue weighted by atomic mass is 16.6. The van der Waals surface area contributed by atoms with Crippen molar-refractivity contribution in [1.82, 2.24) is 0 Å². The van der Waals surface area contributed by atoms with E-state index in [9.17, 15) is 4.79 Å². The zero-order valence-corrected chi connectivity index (χ0v) is 16.0. The zero-order chi connectivity index (χ0) is 18.1. The summed E-state index contributed by atoms with van der Waals surface area (Å²) in [5.41, 5.74) is 1.41. The quantitative estimate of drug-likeness (QED) is 0.472. The topological polar surface area (TPSA) is 47.6 Å². The SMILES string of the molecule is CCCCCCC1(CCCCCC)OC(=O)Nc2ccc(OC)cc21. The maximum absolute atomic E-state index is 12.2. The lowest BCUT2D eigenvalue weighted by Crippen LogP contribution is -2.39. The monoisotopic (exact) mass is 347 g/mol. The van der Waals surface area contributed by atoms with Gasteiger partial charge in [-0.05, 0) is 43.9 Å². The second-order valence-corrected chi connectivity index (χ2v) is 7.04. The first-order chi connectivity index (χ1) is 12.1. The van der Waals surface area contributed by atoms with E-state index >= 15 is 0 Å². The van der Waals surface area contributed by atoms with E-state index in [2.05, 4.69) is 19.2 Å². The highest BCUT2D eigenvalue weighted by molar-refractivity contribution is 5.89. The molecule has 25 heavy (non-hydrogen) atoms. The molecule has 1 amide bonds. The van der Waals surface area contributed by atoms with Crippen molar-refractivity contribution in [3.63, 3.8) is 0 Å². The van der Waals surface area contributed by atoms with Crippen LogP contribution in [0.5, 0.6) is 5.75 Å². The van der Waals surface area contributed by atoms with Gasteiger partial charge in [0.05, 0.1) is 12.8 Å². The molecule has 0 atom stereocenters. The maximum atomic E-state index is 12.2. The lowest BCUT2D eigenvalue weighted by molar-refractivity contribution is -0.00699. The van der Waals surface area contributed by atoms with Crippen LogP contribution in [-0.4, -0.2) is 13.2 Å². The Kier molecular flexibility index (Phi) is 7.60. The number of unbranched alkanes of at least 4 members (excludes halogenated alkanes) is 6. The average Bonchev–Trinajstić information content (AvgIpc) is 2.62. The van der Waals surface area contributed by atoms with Crippen molar-refractivity contribution in [2.45, 2.75) is 83.7 Å². The summed E-state index contributed by atoms with van der Waals surface area (Å²) < 4.78 is 11.4. The summed E-state index contributed by atoms with van der Waals surface area (Å²) in [6, 6.07) is 5.86. The molecule has 2 rings (SSSR count). The number of benzene rings is 1. The van der Waals surface area contributed by atoms with Crippen LogP contribution in [0.25, 0.3) is 0 Å². The van der Waals surface area contributed by atoms with Crippen LogP contribution in [0.4, 0.5) is 10.5 Å². The molecule has 1 aliphatic heterocycles. The summed E-state index contributed by atoms with van der Waals surface area (Å²) in [5, 5.41) is 2.85. The molecule has 0 saturated carbocycles. The van der Waals surface area contributed by atoms with E-state index in [-0.39, 0.29) is 6.09 Å². The molecule has 0 bridgehead atoms. The number of amides is 1. The van der Waals surface area contributed by atoms with Crippen molar-refractivity contribution in [3.8, 4) is 5.75 Å². The van der Waals surface area contributed by atoms with Gasteiger partial charge in [-0.1, -0.05) is 52.4 Å². The van der Waals surface area contributed by atoms with Crippen molar-refractivity contribution in [2.75, 3.05) is 12.4 Å². The van der Waals surface area contributed by atoms with Gasteiger partial charge in [-0.3, -0.25) is 5.32 Å². The molecule has 1 aromatic carbocycles. The Morgan fingerprint density at radius 3 is 2.20 bits per heavy atom. The standard InChI is InChI=1S/C21H33NO3/c1-4-6-8-10-14-21(15-11-9-7-5-2)18-16-17(24-3)12-13-19(18)22-20(23)25-21/h12-13,16H,4-11,14-15H2,1-3H3,(H,22,23). The third-order valence-electron chi connectivity index (χ3n) is 5.11. The summed E-state index contributed by atoms with van der Waals surface area (Å²) in [7, 11) is 1.67. The van der Waals surface area contributed by atoms with E-state index in [4.69, 9.17) is 9.47 Å². The van der Waals surface area contributed by atoms with Crippen molar-refractivity contribution in [3.05, 3.63) is 23.8 Å². The summed E-state index contributed by atoms with van der Waals surface area (Å²) in [6.07, 6.45) is 10.8. The van der Waals surface area contributed by atoms with Gasteiger partial charge in [0.15, 0.2) is 0 Å². The Bertz CT molecular complexity index is 544. The predicted octanol–water partition coefficient (Wildman–Crippen LogP) is 6.39. The molecule has 0 saturated heterocycles. The van der Waals surface area contributed by atoms with Crippen LogP contribution in [0.15, 0.2) is 18.2 Å². The summed E-state index contributed by atoms with van der Waals surface area (Å²) >= 11 is 0. The van der Waals surface area contributed by atoms with Crippen LogP contribution in [0.2, 0.25) is 0 Å². The van der Waals surface area contributed by atoms with E-state index in [1.165, 1.54) is 38.5 Å². The molecular formula is C21H33NO3. The third kappa shape index (κ3) is 5.13. The third-order valence-corrected chi connectivity index (χ3v) is 5.11. The van der Waals surface area contributed by atoms with Crippen LogP contribution < -0.4 is 10.1 Å². The minimum absolute atomic E-state index is 0.330. The molecular weight excluding hydrogens is 314 g/mol. The molecule has 1 aliphatic rings. The normalized spacial score (nSPS) is 15.2. The number of carbonyl (C=O) groups is 1. The molecule has 4 heteroatoms. The highest BCUT2D eigenvalue weighted by Gasteiger charge is 2.41. The number of nitrogens with one attached hydrogen (secondary N) is 1. The summed E-state index contributed by atoms with van der Waals surface area (Å²) in [5.74, 6) is 0.810. The van der Waals surface area contributed by atoms with Crippen LogP contribution >= 0.6 is 0 Å². The van der Waals surface area contributed by atoms with Crippen molar-refractivity contribution in [2.24, 2.45) is 0 Å². The van der Waals surface area contributed by atoms with Gasteiger partial charge in [-0.15, -0.1) is 0 Å². The fourth-order valence-corrected chi connectivity index (χ4v) is 3.68. The molecule has 0 aromatic heterocycles. The van der Waals surface area contributed by atoms with Crippen molar-refractivity contribution < 1.29 is 14.3 Å². The molecule has 140 valence electrons. The Morgan fingerprint density at radius 1 is 1.00 bits per heavy atom. The van der Waals surface area contributed by atoms with E-state index in [0.29, 0.717) is 0 Å². The lowest BCUT2D eigenvalue weighted by atomic mass is 9.81. The minimum Gasteiger partial charge on any atom is -0.497 e. The molecule has 4 nitrogen and oxygen atoms in total. The van der Waals surface area contributed by atoms with Gasteiger partial charge < -0.3 is 9.47 Å². The number of hydrogen-bond donors (Lipinski definition) is 1. The number of anilines is 1. The molecule has 0 unspecified atom stereocenters. The maximum Gasteiger partial charge on any atom is 0.412 e. The van der Waals surface area contributed by atoms with Gasteiger partial charge in [0.1, 0.15) is 11.4 Å². The molecule has 0 spiro atoms. The first-order valence-electron chi connectivity index (χ1n) is 9.83. The number of hydrogen-bond acceptors (Lipinski definition) is 3. The lowest BCUT2D eigenvalue weighted by Gasteiger charge is -2.39. The molecule has 1 aromatic rings. The highest BCUT2D eigenvalue weighted by Crippen LogP contribution is 2.45. The first kappa shape index (κ1) is 19.6. The fourth-order valence-electron chi connectivity index (χ4n) is 3.68. The molecule has 0 radical (unpaired) electrons. The molecule has 0 fully saturated rings. The first-order valence-corrected chi connectivity index (χ1v) is 9.83. The van der Waals surface area contributed by atoms with E-state index < -0.39 is 5.60 Å². The average molecular weight is 347 g/mol. The number of rotatable bonds is 11. The molecule has 1 heterocycles.